The first-order valence-corrected chi connectivity index (χ1v) is 11.0. The van der Waals surface area contributed by atoms with Gasteiger partial charge in [-0.2, -0.15) is 5.26 Å². The van der Waals surface area contributed by atoms with Crippen LogP contribution in [0.3, 0.4) is 0 Å². The Bertz CT molecular complexity index is 1130. The number of carbonyl (C=O) groups is 1. The number of amides is 1. The molecule has 35 heavy (non-hydrogen) atoms. The molecule has 2 unspecified atom stereocenters. The fourth-order valence-electron chi connectivity index (χ4n) is 3.90. The molecule has 0 aliphatic carbocycles. The molecule has 1 heterocycles. The van der Waals surface area contributed by atoms with Crippen molar-refractivity contribution < 1.29 is 60.9 Å². The molecule has 1 amide bonds. The number of likely N-dealkylation sites (N-methyl/N-ethyl adjacent to an activating group) is 1. The number of nitrogens with zero attached hydrogens (tertiary/aromatic N) is 4. The number of piperidine rings is 1. The Morgan fingerprint density at radius 3 is 2.69 bits per heavy atom. The smallest absolute Gasteiger partial charge is 0.469 e. The fourth-order valence-corrected chi connectivity index (χ4v) is 3.90. The van der Waals surface area contributed by atoms with E-state index in [9.17, 15) is 10.1 Å². The molecule has 8 nitrogen and oxygen atoms in total. The fraction of sp³-hybridized carbons (Fsp3) is 0.269. The summed E-state index contributed by atoms with van der Waals surface area (Å²) in [6, 6.07) is 15.8. The van der Waals surface area contributed by atoms with Gasteiger partial charge in [0.15, 0.2) is 0 Å². The van der Waals surface area contributed by atoms with Crippen molar-refractivity contribution in [3.8, 4) is 17.6 Å². The zero-order chi connectivity index (χ0) is 24.5. The summed E-state index contributed by atoms with van der Waals surface area (Å²) in [5.74, 6) is 1.49. The van der Waals surface area contributed by atoms with Crippen molar-refractivity contribution in [2.75, 3.05) is 20.1 Å². The molecule has 2 aromatic rings. The van der Waals surface area contributed by atoms with Gasteiger partial charge in [0.2, 0.25) is 5.91 Å². The second-order valence-electron chi connectivity index (χ2n) is 7.84. The standard InChI is InChI=1S/C26H29N6O2.K/c1-3-24(33)32-13-7-8-19(17-32)31-26(30-2)23(16-28)25(29)22-12-11-21(14-18(22)15-27)34-20-9-5-4-6-10-20;/h3-6,9-12,14,16,19,25H,1,7-8,13,17,29H2,2H3,(H2-,28,30,31);/q-1;+1. The third kappa shape index (κ3) is 7.51. The number of rotatable bonds is 7. The average Bonchev–Trinajstić information content (AvgIpc) is 2.88. The molecule has 0 spiro atoms. The van der Waals surface area contributed by atoms with Crippen LogP contribution in [0.1, 0.15) is 30.0 Å². The molecule has 0 radical (unpaired) electrons. The first-order valence-electron chi connectivity index (χ1n) is 11.0. The van der Waals surface area contributed by atoms with Crippen molar-refractivity contribution in [3.63, 3.8) is 0 Å². The second-order valence-corrected chi connectivity index (χ2v) is 7.84. The van der Waals surface area contributed by atoms with Gasteiger partial charge in [-0.15, -0.1) is 0 Å². The van der Waals surface area contributed by atoms with E-state index < -0.39 is 6.04 Å². The van der Waals surface area contributed by atoms with Crippen LogP contribution in [0.25, 0.3) is 5.32 Å². The first-order chi connectivity index (χ1) is 16.5. The van der Waals surface area contributed by atoms with Crippen molar-refractivity contribution in [2.45, 2.75) is 24.9 Å². The molecule has 1 aliphatic heterocycles. The maximum atomic E-state index is 12.0. The van der Waals surface area contributed by atoms with Gasteiger partial charge >= 0.3 is 51.4 Å². The number of nitrogens with two attached hydrogens (primary N) is 2. The van der Waals surface area contributed by atoms with Crippen molar-refractivity contribution in [2.24, 2.45) is 16.5 Å². The van der Waals surface area contributed by atoms with Gasteiger partial charge in [-0.1, -0.05) is 43.7 Å². The van der Waals surface area contributed by atoms with Gasteiger partial charge in [0.25, 0.3) is 0 Å². The Morgan fingerprint density at radius 1 is 1.31 bits per heavy atom. The van der Waals surface area contributed by atoms with Crippen molar-refractivity contribution >= 4 is 11.7 Å². The van der Waals surface area contributed by atoms with Crippen LogP contribution in [-0.4, -0.2) is 42.8 Å². The number of amidine groups is 1. The maximum absolute atomic E-state index is 12.0. The van der Waals surface area contributed by atoms with E-state index in [0.29, 0.717) is 47.1 Å². The van der Waals surface area contributed by atoms with E-state index in [0.717, 1.165) is 12.8 Å². The quantitative estimate of drug-likeness (QED) is 0.253. The maximum Gasteiger partial charge on any atom is 1.00 e. The third-order valence-electron chi connectivity index (χ3n) is 5.63. The van der Waals surface area contributed by atoms with Crippen LogP contribution in [0, 0.1) is 11.3 Å². The van der Waals surface area contributed by atoms with Gasteiger partial charge in [0.1, 0.15) is 11.5 Å². The van der Waals surface area contributed by atoms with E-state index in [1.165, 1.54) is 12.3 Å². The van der Waals surface area contributed by atoms with Gasteiger partial charge < -0.3 is 31.4 Å². The summed E-state index contributed by atoms with van der Waals surface area (Å²) in [6.07, 6.45) is 4.34. The summed E-state index contributed by atoms with van der Waals surface area (Å²) in [5, 5.41) is 14.1. The number of ether oxygens (including phenoxy) is 1. The minimum absolute atomic E-state index is 0. The normalized spacial score (nSPS) is 16.9. The van der Waals surface area contributed by atoms with E-state index in [1.807, 2.05) is 30.3 Å². The summed E-state index contributed by atoms with van der Waals surface area (Å²) < 4.78 is 5.84. The van der Waals surface area contributed by atoms with Crippen LogP contribution in [-0.2, 0) is 4.79 Å². The molecule has 2 atom stereocenters. The van der Waals surface area contributed by atoms with E-state index in [-0.39, 0.29) is 63.3 Å². The van der Waals surface area contributed by atoms with Crippen LogP contribution in [0.4, 0.5) is 0 Å². The predicted molar refractivity (Wildman–Crippen MR) is 133 cm³/mol. The molecule has 0 saturated carbocycles. The molecule has 176 valence electrons. The number of para-hydroxylation sites is 1. The van der Waals surface area contributed by atoms with Gasteiger partial charge in [0, 0.05) is 13.1 Å². The van der Waals surface area contributed by atoms with Crippen molar-refractivity contribution in [1.29, 1.82) is 5.26 Å². The van der Waals surface area contributed by atoms with E-state index in [4.69, 9.17) is 21.2 Å². The summed E-state index contributed by atoms with van der Waals surface area (Å²) in [5.41, 5.74) is 14.0. The molecule has 4 N–H and O–H groups in total. The molecule has 1 aliphatic rings. The van der Waals surface area contributed by atoms with Gasteiger partial charge in [-0.05, 0) is 66.6 Å². The van der Waals surface area contributed by atoms with E-state index in [2.05, 4.69) is 18.0 Å². The Kier molecular flexibility index (Phi) is 11.7. The molecule has 2 aromatic carbocycles. The van der Waals surface area contributed by atoms with Gasteiger partial charge in [-0.25, -0.2) is 0 Å². The number of carbonyl (C=O) groups excluding carboxylic acids is 1. The molecule has 1 fully saturated rings. The second kappa shape index (κ2) is 14.2. The molecule has 9 heteroatoms. The van der Waals surface area contributed by atoms with E-state index >= 15 is 0 Å². The number of nitriles is 1. The van der Waals surface area contributed by atoms with Crippen LogP contribution in [0.5, 0.6) is 11.5 Å². The first kappa shape index (κ1) is 28.8. The number of aliphatic imine (C=N–C) groups is 1. The minimum atomic E-state index is -0.720. The largest absolute Gasteiger partial charge is 1.00 e. The van der Waals surface area contributed by atoms with Crippen LogP contribution < -0.4 is 67.6 Å². The Labute approximate surface area is 249 Å². The Hall–Kier alpha value is -2.45. The summed E-state index contributed by atoms with van der Waals surface area (Å²) in [6.45, 7) is 4.72. The SMILES string of the molecule is C=CC(=O)N1CCCC(N=C([N-]C)/C(=C\N)C(N)c2ccc(Oc3ccccc3)cc2C#N)C1.[K+]. The molecule has 0 aromatic heterocycles. The summed E-state index contributed by atoms with van der Waals surface area (Å²) in [7, 11) is 1.62. The summed E-state index contributed by atoms with van der Waals surface area (Å²) >= 11 is 0. The Balaban J connectivity index is 0.00000432. The summed E-state index contributed by atoms with van der Waals surface area (Å²) in [4.78, 5) is 18.5. The zero-order valence-corrected chi connectivity index (χ0v) is 23.3. The van der Waals surface area contributed by atoms with Crippen molar-refractivity contribution in [3.05, 3.63) is 89.4 Å². The Morgan fingerprint density at radius 2 is 2.06 bits per heavy atom. The monoisotopic (exact) mass is 496 g/mol. The number of hydrogen-bond acceptors (Lipinski definition) is 6. The number of likely N-dealkylation sites (tertiary alicyclic amines) is 1. The molecule has 3 rings (SSSR count). The number of hydrogen-bond donors (Lipinski definition) is 2. The van der Waals surface area contributed by atoms with Crippen LogP contribution in [0.15, 0.2) is 78.0 Å². The predicted octanol–water partition coefficient (Wildman–Crippen LogP) is 0.776. The third-order valence-corrected chi connectivity index (χ3v) is 5.63. The molecule has 1 saturated heterocycles. The molecular formula is C26H29KN6O2. The van der Waals surface area contributed by atoms with Crippen molar-refractivity contribution in [1.82, 2.24) is 4.90 Å². The molecule has 0 bridgehead atoms. The minimum Gasteiger partial charge on any atom is -0.469 e. The van der Waals surface area contributed by atoms with Crippen LogP contribution >= 0.6 is 0 Å². The average molecular weight is 497 g/mol. The topological polar surface area (TPSA) is 132 Å². The van der Waals surface area contributed by atoms with Crippen LogP contribution in [0.2, 0.25) is 0 Å². The van der Waals surface area contributed by atoms with Gasteiger partial charge in [-0.3, -0.25) is 4.79 Å². The molecular weight excluding hydrogens is 467 g/mol. The zero-order valence-electron chi connectivity index (χ0n) is 20.2. The number of benzene rings is 2. The van der Waals surface area contributed by atoms with Gasteiger partial charge in [0.05, 0.1) is 17.7 Å². The van der Waals surface area contributed by atoms with E-state index in [1.54, 1.807) is 30.1 Å².